The number of aromatic amines is 1. The molecule has 1 aliphatic heterocycles. The minimum absolute atomic E-state index is 0.375. The van der Waals surface area contributed by atoms with E-state index in [1.165, 1.54) is 17.0 Å². The summed E-state index contributed by atoms with van der Waals surface area (Å²) in [5.74, 6) is 3.33. The number of rotatable bonds is 2. The van der Waals surface area contributed by atoms with E-state index in [0.29, 0.717) is 6.04 Å². The third-order valence-electron chi connectivity index (χ3n) is 3.31. The van der Waals surface area contributed by atoms with Crippen LogP contribution in [0.15, 0.2) is 0 Å². The number of aromatic nitrogens is 2. The molecule has 0 amide bonds. The van der Waals surface area contributed by atoms with Crippen molar-refractivity contribution < 1.29 is 0 Å². The lowest BCUT2D eigenvalue weighted by molar-refractivity contribution is 0.264. The van der Waals surface area contributed by atoms with Crippen LogP contribution in [0.3, 0.4) is 0 Å². The molecule has 0 aliphatic carbocycles. The smallest absolute Gasteiger partial charge is 0.133 e. The van der Waals surface area contributed by atoms with Gasteiger partial charge in [0.25, 0.3) is 0 Å². The zero-order chi connectivity index (χ0) is 12.4. The van der Waals surface area contributed by atoms with Crippen molar-refractivity contribution in [3.63, 3.8) is 0 Å². The number of hydrogen-bond acceptors (Lipinski definition) is 4. The van der Waals surface area contributed by atoms with Crippen LogP contribution in [0, 0.1) is 11.6 Å². The van der Waals surface area contributed by atoms with Crippen molar-refractivity contribution in [2.75, 3.05) is 25.1 Å². The summed E-state index contributed by atoms with van der Waals surface area (Å²) < 4.78 is 0.766. The third kappa shape index (κ3) is 2.72. The van der Waals surface area contributed by atoms with Crippen LogP contribution in [0.5, 0.6) is 0 Å². The summed E-state index contributed by atoms with van der Waals surface area (Å²) in [6.07, 6.45) is 0.948. The highest BCUT2D eigenvalue weighted by molar-refractivity contribution is 7.99. The van der Waals surface area contributed by atoms with Gasteiger partial charge in [0.2, 0.25) is 0 Å². The van der Waals surface area contributed by atoms with Gasteiger partial charge in [-0.15, -0.1) is 0 Å². The molecule has 1 aromatic rings. The zero-order valence-electron chi connectivity index (χ0n) is 10.6. The fraction of sp³-hybridized carbons (Fsp3) is 0.667. The molecule has 2 heterocycles. The fourth-order valence-corrected chi connectivity index (χ4v) is 3.80. The summed E-state index contributed by atoms with van der Waals surface area (Å²) in [4.78, 5) is 10.4. The van der Waals surface area contributed by atoms with Crippen LogP contribution in [0.25, 0.3) is 0 Å². The molecule has 1 atom stereocenters. The second-order valence-electron chi connectivity index (χ2n) is 4.46. The van der Waals surface area contributed by atoms with E-state index in [1.807, 2.05) is 11.8 Å². The van der Waals surface area contributed by atoms with Gasteiger partial charge in [-0.05, 0) is 20.4 Å². The summed E-state index contributed by atoms with van der Waals surface area (Å²) in [5, 5.41) is 0. The lowest BCUT2D eigenvalue weighted by atomic mass is 10.2. The van der Waals surface area contributed by atoms with Crippen molar-refractivity contribution in [1.82, 2.24) is 14.9 Å². The highest BCUT2D eigenvalue weighted by Crippen LogP contribution is 2.26. The Balaban J connectivity index is 2.36. The van der Waals surface area contributed by atoms with Crippen LogP contribution >= 0.6 is 24.0 Å². The summed E-state index contributed by atoms with van der Waals surface area (Å²) >= 11 is 7.37. The molecule has 0 spiro atoms. The molecule has 94 valence electrons. The molecule has 2 rings (SSSR count). The van der Waals surface area contributed by atoms with E-state index in [0.717, 1.165) is 29.2 Å². The second-order valence-corrected chi connectivity index (χ2v) is 5.99. The first kappa shape index (κ1) is 13.1. The van der Waals surface area contributed by atoms with Crippen LogP contribution in [0.4, 0.5) is 0 Å². The molecule has 5 heteroatoms. The molecule has 1 fully saturated rings. The summed E-state index contributed by atoms with van der Waals surface area (Å²) in [6, 6.07) is 0.375. The Hall–Kier alpha value is -0.390. The number of H-pyrrole nitrogens is 1. The lowest BCUT2D eigenvalue weighted by Crippen LogP contribution is -2.34. The van der Waals surface area contributed by atoms with Gasteiger partial charge in [0, 0.05) is 29.3 Å². The Morgan fingerprint density at radius 3 is 2.94 bits per heavy atom. The molecule has 1 aliphatic rings. The first-order chi connectivity index (χ1) is 8.13. The maximum absolute atomic E-state index is 5.38. The molecular weight excluding hydrogens is 250 g/mol. The lowest BCUT2D eigenvalue weighted by Gasteiger charge is -2.31. The minimum Gasteiger partial charge on any atom is -0.346 e. The molecule has 17 heavy (non-hydrogen) atoms. The van der Waals surface area contributed by atoms with Gasteiger partial charge in [-0.2, -0.15) is 11.8 Å². The SMILES string of the molecule is CCc1c(C)[nH]c(C2CSCCN2C)nc1=S. The van der Waals surface area contributed by atoms with Crippen LogP contribution in [0.2, 0.25) is 0 Å². The third-order valence-corrected chi connectivity index (χ3v) is 4.67. The molecule has 1 N–H and O–H groups in total. The number of nitrogens with one attached hydrogen (secondary N) is 1. The molecule has 0 saturated carbocycles. The minimum atomic E-state index is 0.375. The number of aryl methyl sites for hydroxylation is 1. The zero-order valence-corrected chi connectivity index (χ0v) is 12.2. The van der Waals surface area contributed by atoms with Crippen molar-refractivity contribution in [3.8, 4) is 0 Å². The topological polar surface area (TPSA) is 31.9 Å². The summed E-state index contributed by atoms with van der Waals surface area (Å²) in [5.41, 5.74) is 2.35. The predicted octanol–water partition coefficient (Wildman–Crippen LogP) is 2.73. The molecule has 1 aromatic heterocycles. The Labute approximate surface area is 112 Å². The number of nitrogens with zero attached hydrogens (tertiary/aromatic N) is 2. The van der Waals surface area contributed by atoms with E-state index in [4.69, 9.17) is 12.2 Å². The normalized spacial score (nSPS) is 21.7. The Morgan fingerprint density at radius 1 is 1.59 bits per heavy atom. The maximum Gasteiger partial charge on any atom is 0.133 e. The van der Waals surface area contributed by atoms with Gasteiger partial charge in [0.1, 0.15) is 10.5 Å². The van der Waals surface area contributed by atoms with Gasteiger partial charge < -0.3 is 4.98 Å². The van der Waals surface area contributed by atoms with Gasteiger partial charge in [0.15, 0.2) is 0 Å². The monoisotopic (exact) mass is 269 g/mol. The van der Waals surface area contributed by atoms with Gasteiger partial charge in [-0.25, -0.2) is 4.98 Å². The number of hydrogen-bond donors (Lipinski definition) is 1. The number of thioether (sulfide) groups is 1. The largest absolute Gasteiger partial charge is 0.346 e. The Morgan fingerprint density at radius 2 is 2.35 bits per heavy atom. The Bertz CT molecular complexity index is 456. The first-order valence-electron chi connectivity index (χ1n) is 6.01. The summed E-state index contributed by atoms with van der Waals surface area (Å²) in [6.45, 7) is 5.33. The van der Waals surface area contributed by atoms with Crippen molar-refractivity contribution in [2.24, 2.45) is 0 Å². The van der Waals surface area contributed by atoms with Crippen LogP contribution < -0.4 is 0 Å². The van der Waals surface area contributed by atoms with E-state index in [1.54, 1.807) is 0 Å². The van der Waals surface area contributed by atoms with Crippen molar-refractivity contribution in [2.45, 2.75) is 26.3 Å². The van der Waals surface area contributed by atoms with Crippen LogP contribution in [-0.4, -0.2) is 40.0 Å². The highest BCUT2D eigenvalue weighted by Gasteiger charge is 2.23. The Kier molecular flexibility index (Phi) is 4.22. The van der Waals surface area contributed by atoms with Crippen molar-refractivity contribution >= 4 is 24.0 Å². The van der Waals surface area contributed by atoms with Gasteiger partial charge in [-0.3, -0.25) is 4.90 Å². The average molecular weight is 269 g/mol. The molecular formula is C12H19N3S2. The highest BCUT2D eigenvalue weighted by atomic mass is 32.2. The molecule has 1 unspecified atom stereocenters. The fourth-order valence-electron chi connectivity index (χ4n) is 2.18. The van der Waals surface area contributed by atoms with Crippen molar-refractivity contribution in [1.29, 1.82) is 0 Å². The summed E-state index contributed by atoms with van der Waals surface area (Å²) in [7, 11) is 2.16. The van der Waals surface area contributed by atoms with E-state index in [-0.39, 0.29) is 0 Å². The van der Waals surface area contributed by atoms with E-state index < -0.39 is 0 Å². The van der Waals surface area contributed by atoms with Gasteiger partial charge in [0.05, 0.1) is 6.04 Å². The molecule has 0 bridgehead atoms. The quantitative estimate of drug-likeness (QED) is 0.837. The van der Waals surface area contributed by atoms with Crippen LogP contribution in [-0.2, 0) is 6.42 Å². The van der Waals surface area contributed by atoms with Crippen molar-refractivity contribution in [3.05, 3.63) is 21.7 Å². The van der Waals surface area contributed by atoms with E-state index in [9.17, 15) is 0 Å². The first-order valence-corrected chi connectivity index (χ1v) is 7.57. The molecule has 0 radical (unpaired) electrons. The molecule has 3 nitrogen and oxygen atoms in total. The molecule has 0 aromatic carbocycles. The predicted molar refractivity (Wildman–Crippen MR) is 76.2 cm³/mol. The molecule has 1 saturated heterocycles. The second kappa shape index (κ2) is 5.50. The van der Waals surface area contributed by atoms with E-state index in [2.05, 4.69) is 35.8 Å². The van der Waals surface area contributed by atoms with Crippen LogP contribution in [0.1, 0.15) is 30.0 Å². The van der Waals surface area contributed by atoms with Gasteiger partial charge >= 0.3 is 0 Å². The van der Waals surface area contributed by atoms with E-state index >= 15 is 0 Å². The maximum atomic E-state index is 5.38. The van der Waals surface area contributed by atoms with Gasteiger partial charge in [-0.1, -0.05) is 19.1 Å². The standard InChI is InChI=1S/C12H19N3S2/c1-4-9-8(2)13-11(14-12(9)16)10-7-17-6-5-15(10)3/h10H,4-7H2,1-3H3,(H,13,14,16). The average Bonchev–Trinajstić information content (AvgIpc) is 2.29.